The molecule has 7 heteroatoms. The summed E-state index contributed by atoms with van der Waals surface area (Å²) in [5, 5.41) is 0. The van der Waals surface area contributed by atoms with E-state index in [4.69, 9.17) is 15.2 Å². The number of rotatable bonds is 7. The van der Waals surface area contributed by atoms with Crippen molar-refractivity contribution in [3.8, 4) is 0 Å². The van der Waals surface area contributed by atoms with Crippen LogP contribution in [-0.4, -0.2) is 80.3 Å². The monoisotopic (exact) mass is 287 g/mol. The van der Waals surface area contributed by atoms with Gasteiger partial charge in [-0.2, -0.15) is 0 Å². The van der Waals surface area contributed by atoms with Crippen molar-refractivity contribution < 1.29 is 19.1 Å². The van der Waals surface area contributed by atoms with Crippen LogP contribution in [0.2, 0.25) is 0 Å². The van der Waals surface area contributed by atoms with E-state index in [2.05, 4.69) is 0 Å². The van der Waals surface area contributed by atoms with E-state index in [1.165, 1.54) is 0 Å². The molecule has 1 aliphatic heterocycles. The molecule has 2 atom stereocenters. The zero-order valence-corrected chi connectivity index (χ0v) is 12.5. The standard InChI is InChI=1S/C13H25N3O4/c1-4-19-10(2)13(18)16-5-6-20-11(8-16)7-15(3)9-12(14)17/h10-11H,4-9H2,1-3H3,(H2,14,17)/t10-,11+/m1/s1. The lowest BCUT2D eigenvalue weighted by Gasteiger charge is -2.35. The van der Waals surface area contributed by atoms with E-state index in [0.29, 0.717) is 32.8 Å². The van der Waals surface area contributed by atoms with Crippen molar-refractivity contribution in [3.63, 3.8) is 0 Å². The number of morpholine rings is 1. The lowest BCUT2D eigenvalue weighted by molar-refractivity contribution is -0.150. The largest absolute Gasteiger partial charge is 0.373 e. The van der Waals surface area contributed by atoms with Crippen molar-refractivity contribution >= 4 is 11.8 Å². The van der Waals surface area contributed by atoms with Crippen molar-refractivity contribution in [2.75, 3.05) is 46.4 Å². The number of likely N-dealkylation sites (N-methyl/N-ethyl adjacent to an activating group) is 1. The summed E-state index contributed by atoms with van der Waals surface area (Å²) in [6.45, 7) is 6.48. The fraction of sp³-hybridized carbons (Fsp3) is 0.846. The van der Waals surface area contributed by atoms with Crippen molar-refractivity contribution in [1.82, 2.24) is 9.80 Å². The van der Waals surface area contributed by atoms with E-state index in [1.54, 1.807) is 23.8 Å². The number of nitrogens with zero attached hydrogens (tertiary/aromatic N) is 2. The Balaban J connectivity index is 2.45. The van der Waals surface area contributed by atoms with Gasteiger partial charge in [-0.3, -0.25) is 14.5 Å². The number of primary amides is 1. The van der Waals surface area contributed by atoms with Crippen molar-refractivity contribution in [1.29, 1.82) is 0 Å². The van der Waals surface area contributed by atoms with Gasteiger partial charge in [0.05, 0.1) is 19.3 Å². The van der Waals surface area contributed by atoms with Crippen LogP contribution in [0.4, 0.5) is 0 Å². The fourth-order valence-corrected chi connectivity index (χ4v) is 2.29. The van der Waals surface area contributed by atoms with Crippen LogP contribution in [0.15, 0.2) is 0 Å². The first kappa shape index (κ1) is 16.9. The van der Waals surface area contributed by atoms with Gasteiger partial charge in [-0.1, -0.05) is 0 Å². The van der Waals surface area contributed by atoms with Gasteiger partial charge in [0.15, 0.2) is 0 Å². The molecular formula is C13H25N3O4. The molecule has 2 amide bonds. The Bertz CT molecular complexity index is 338. The van der Waals surface area contributed by atoms with Crippen LogP contribution in [0, 0.1) is 0 Å². The first-order valence-corrected chi connectivity index (χ1v) is 6.92. The third kappa shape index (κ3) is 5.44. The van der Waals surface area contributed by atoms with Crippen molar-refractivity contribution in [2.45, 2.75) is 26.1 Å². The van der Waals surface area contributed by atoms with Gasteiger partial charge in [0.2, 0.25) is 5.91 Å². The molecular weight excluding hydrogens is 262 g/mol. The van der Waals surface area contributed by atoms with E-state index in [1.807, 2.05) is 6.92 Å². The molecule has 0 unspecified atom stereocenters. The number of hydrogen-bond acceptors (Lipinski definition) is 5. The van der Waals surface area contributed by atoms with Crippen LogP contribution in [0.3, 0.4) is 0 Å². The SMILES string of the molecule is CCO[C@H](C)C(=O)N1CCO[C@@H](CN(C)CC(N)=O)C1. The van der Waals surface area contributed by atoms with Gasteiger partial charge in [0, 0.05) is 26.2 Å². The molecule has 0 radical (unpaired) electrons. The lowest BCUT2D eigenvalue weighted by Crippen LogP contribution is -2.52. The van der Waals surface area contributed by atoms with Gasteiger partial charge >= 0.3 is 0 Å². The molecule has 1 rings (SSSR count). The van der Waals surface area contributed by atoms with Gasteiger partial charge in [-0.05, 0) is 20.9 Å². The Morgan fingerprint density at radius 3 is 2.85 bits per heavy atom. The average Bonchev–Trinajstić information content (AvgIpc) is 2.37. The van der Waals surface area contributed by atoms with E-state index < -0.39 is 6.10 Å². The number of ether oxygens (including phenoxy) is 2. The molecule has 0 aromatic rings. The number of nitrogens with two attached hydrogens (primary N) is 1. The van der Waals surface area contributed by atoms with Crippen LogP contribution in [0.25, 0.3) is 0 Å². The number of amides is 2. The maximum absolute atomic E-state index is 12.2. The number of carbonyl (C=O) groups excluding carboxylic acids is 2. The Labute approximate surface area is 120 Å². The Morgan fingerprint density at radius 2 is 2.25 bits per heavy atom. The average molecular weight is 287 g/mol. The lowest BCUT2D eigenvalue weighted by atomic mass is 10.2. The summed E-state index contributed by atoms with van der Waals surface area (Å²) in [7, 11) is 1.80. The molecule has 1 fully saturated rings. The summed E-state index contributed by atoms with van der Waals surface area (Å²) in [5.41, 5.74) is 5.14. The predicted octanol–water partition coefficient (Wildman–Crippen LogP) is -0.944. The Kier molecular flexibility index (Phi) is 6.90. The highest BCUT2D eigenvalue weighted by Crippen LogP contribution is 2.09. The van der Waals surface area contributed by atoms with E-state index >= 15 is 0 Å². The normalized spacial score (nSPS) is 21.0. The second kappa shape index (κ2) is 8.18. The fourth-order valence-electron chi connectivity index (χ4n) is 2.29. The molecule has 2 N–H and O–H groups in total. The predicted molar refractivity (Wildman–Crippen MR) is 74.1 cm³/mol. The molecule has 116 valence electrons. The third-order valence-electron chi connectivity index (χ3n) is 3.16. The molecule has 1 saturated heterocycles. The van der Waals surface area contributed by atoms with E-state index in [0.717, 1.165) is 0 Å². The summed E-state index contributed by atoms with van der Waals surface area (Å²) >= 11 is 0. The summed E-state index contributed by atoms with van der Waals surface area (Å²) < 4.78 is 10.9. The van der Waals surface area contributed by atoms with Gasteiger partial charge < -0.3 is 20.1 Å². The van der Waals surface area contributed by atoms with Gasteiger partial charge in [0.1, 0.15) is 6.10 Å². The minimum Gasteiger partial charge on any atom is -0.373 e. The van der Waals surface area contributed by atoms with Gasteiger partial charge in [0.25, 0.3) is 5.91 Å². The first-order chi connectivity index (χ1) is 9.43. The molecule has 20 heavy (non-hydrogen) atoms. The minimum atomic E-state index is -0.429. The second-order valence-corrected chi connectivity index (χ2v) is 5.04. The molecule has 0 aliphatic carbocycles. The molecule has 0 bridgehead atoms. The van der Waals surface area contributed by atoms with Crippen LogP contribution < -0.4 is 5.73 Å². The molecule has 0 aromatic heterocycles. The topological polar surface area (TPSA) is 85.1 Å². The summed E-state index contributed by atoms with van der Waals surface area (Å²) in [4.78, 5) is 26.6. The molecule has 1 heterocycles. The van der Waals surface area contributed by atoms with Gasteiger partial charge in [-0.15, -0.1) is 0 Å². The quantitative estimate of drug-likeness (QED) is 0.653. The van der Waals surface area contributed by atoms with E-state index in [-0.39, 0.29) is 24.5 Å². The zero-order chi connectivity index (χ0) is 15.1. The first-order valence-electron chi connectivity index (χ1n) is 6.92. The van der Waals surface area contributed by atoms with Crippen LogP contribution in [0.1, 0.15) is 13.8 Å². The highest BCUT2D eigenvalue weighted by atomic mass is 16.5. The highest BCUT2D eigenvalue weighted by molar-refractivity contribution is 5.80. The molecule has 7 nitrogen and oxygen atoms in total. The Morgan fingerprint density at radius 1 is 1.55 bits per heavy atom. The molecule has 0 saturated carbocycles. The maximum atomic E-state index is 12.2. The summed E-state index contributed by atoms with van der Waals surface area (Å²) in [5.74, 6) is -0.390. The molecule has 0 aromatic carbocycles. The highest BCUT2D eigenvalue weighted by Gasteiger charge is 2.28. The maximum Gasteiger partial charge on any atom is 0.251 e. The Hall–Kier alpha value is -1.18. The van der Waals surface area contributed by atoms with Crippen LogP contribution in [0.5, 0.6) is 0 Å². The van der Waals surface area contributed by atoms with Crippen molar-refractivity contribution in [2.24, 2.45) is 5.73 Å². The third-order valence-corrected chi connectivity index (χ3v) is 3.16. The van der Waals surface area contributed by atoms with Crippen LogP contribution >= 0.6 is 0 Å². The second-order valence-electron chi connectivity index (χ2n) is 5.04. The summed E-state index contributed by atoms with van der Waals surface area (Å²) in [6.07, 6.45) is -0.534. The van der Waals surface area contributed by atoms with Crippen molar-refractivity contribution in [3.05, 3.63) is 0 Å². The number of carbonyl (C=O) groups is 2. The molecule has 0 spiro atoms. The van der Waals surface area contributed by atoms with Gasteiger partial charge in [-0.25, -0.2) is 0 Å². The number of hydrogen-bond donors (Lipinski definition) is 1. The van der Waals surface area contributed by atoms with E-state index in [9.17, 15) is 9.59 Å². The smallest absolute Gasteiger partial charge is 0.251 e. The van der Waals surface area contributed by atoms with Crippen LogP contribution in [-0.2, 0) is 19.1 Å². The zero-order valence-electron chi connectivity index (χ0n) is 12.5. The summed E-state index contributed by atoms with van der Waals surface area (Å²) in [6, 6.07) is 0. The molecule has 1 aliphatic rings. The minimum absolute atomic E-state index is 0.0160.